The first-order valence-electron chi connectivity index (χ1n) is 11.5. The monoisotopic (exact) mass is 445 g/mol. The molecule has 3 aliphatic rings. The molecule has 3 saturated heterocycles. The number of fused-ring (bicyclic) bond motifs is 2. The number of aryl methyl sites for hydroxylation is 3. The number of hydrogen-bond donors (Lipinski definition) is 0. The molecular weight excluding hydrogens is 414 g/mol. The molecule has 10 heteroatoms. The fourth-order valence-corrected chi connectivity index (χ4v) is 5.19. The van der Waals surface area contributed by atoms with Crippen molar-refractivity contribution < 1.29 is 19.4 Å². The summed E-state index contributed by atoms with van der Waals surface area (Å²) in [5.41, 5.74) is 4.86. The van der Waals surface area contributed by atoms with Crippen LogP contribution in [0.1, 0.15) is 24.0 Å². The number of imidazole rings is 1. The SMILES string of the molecule is Cc1ccc2c(ncn2CCCN2CCN([C@@H]3C[C@H]4OC[C@H](O[N+](=O)[O-])[C@H]4O3)CC2)c1C. The number of nitrogens with zero attached hydrogens (tertiary/aromatic N) is 5. The van der Waals surface area contributed by atoms with Crippen molar-refractivity contribution >= 4 is 11.0 Å². The van der Waals surface area contributed by atoms with Crippen LogP contribution >= 0.6 is 0 Å². The predicted octanol–water partition coefficient (Wildman–Crippen LogP) is 1.75. The third-order valence-electron chi connectivity index (χ3n) is 7.18. The van der Waals surface area contributed by atoms with Crippen molar-refractivity contribution in [1.29, 1.82) is 0 Å². The lowest BCUT2D eigenvalue weighted by Crippen LogP contribution is -2.51. The Morgan fingerprint density at radius 3 is 2.81 bits per heavy atom. The first-order chi connectivity index (χ1) is 15.5. The highest BCUT2D eigenvalue weighted by atomic mass is 17.0. The highest BCUT2D eigenvalue weighted by Crippen LogP contribution is 2.34. The van der Waals surface area contributed by atoms with Gasteiger partial charge >= 0.3 is 0 Å². The second kappa shape index (κ2) is 8.93. The topological polar surface area (TPSA) is 95.1 Å². The van der Waals surface area contributed by atoms with Gasteiger partial charge in [0.1, 0.15) is 12.3 Å². The molecule has 1 aromatic carbocycles. The average molecular weight is 446 g/mol. The third-order valence-corrected chi connectivity index (χ3v) is 7.18. The molecule has 3 aliphatic heterocycles. The molecule has 2 aromatic rings. The maximum absolute atomic E-state index is 10.7. The van der Waals surface area contributed by atoms with Crippen LogP contribution in [0.25, 0.3) is 11.0 Å². The number of aromatic nitrogens is 2. The smallest absolute Gasteiger partial charge is 0.294 e. The number of hydrogen-bond acceptors (Lipinski definition) is 8. The lowest BCUT2D eigenvalue weighted by atomic mass is 10.1. The summed E-state index contributed by atoms with van der Waals surface area (Å²) >= 11 is 0. The molecule has 174 valence electrons. The number of rotatable bonds is 7. The quantitative estimate of drug-likeness (QED) is 0.470. The molecule has 5 rings (SSSR count). The number of benzene rings is 1. The van der Waals surface area contributed by atoms with Crippen LogP contribution in [0.4, 0.5) is 0 Å². The van der Waals surface area contributed by atoms with Gasteiger partial charge in [-0.25, -0.2) is 4.98 Å². The summed E-state index contributed by atoms with van der Waals surface area (Å²) in [5.74, 6) is 0. The van der Waals surface area contributed by atoms with Crippen molar-refractivity contribution in [3.63, 3.8) is 0 Å². The van der Waals surface area contributed by atoms with E-state index in [1.54, 1.807) is 0 Å². The maximum Gasteiger partial charge on any atom is 0.294 e. The van der Waals surface area contributed by atoms with Gasteiger partial charge in [-0.05, 0) is 44.0 Å². The van der Waals surface area contributed by atoms with Crippen molar-refractivity contribution in [2.75, 3.05) is 39.3 Å². The predicted molar refractivity (Wildman–Crippen MR) is 117 cm³/mol. The molecule has 4 atom stereocenters. The summed E-state index contributed by atoms with van der Waals surface area (Å²) < 4.78 is 14.0. The van der Waals surface area contributed by atoms with Crippen LogP contribution in [0.5, 0.6) is 0 Å². The van der Waals surface area contributed by atoms with Crippen molar-refractivity contribution in [3.05, 3.63) is 39.7 Å². The maximum atomic E-state index is 10.7. The molecule has 0 aliphatic carbocycles. The molecule has 32 heavy (non-hydrogen) atoms. The van der Waals surface area contributed by atoms with Crippen LogP contribution in [0.15, 0.2) is 18.5 Å². The van der Waals surface area contributed by atoms with E-state index < -0.39 is 11.2 Å². The summed E-state index contributed by atoms with van der Waals surface area (Å²) in [6, 6.07) is 4.34. The van der Waals surface area contributed by atoms with Crippen molar-refractivity contribution in [2.24, 2.45) is 0 Å². The zero-order valence-electron chi connectivity index (χ0n) is 18.7. The molecule has 0 N–H and O–H groups in total. The van der Waals surface area contributed by atoms with E-state index in [-0.39, 0.29) is 25.0 Å². The van der Waals surface area contributed by atoms with Gasteiger partial charge in [0.05, 0.1) is 30.1 Å². The van der Waals surface area contributed by atoms with Crippen LogP contribution in [0.2, 0.25) is 0 Å². The van der Waals surface area contributed by atoms with Crippen molar-refractivity contribution in [1.82, 2.24) is 19.4 Å². The highest BCUT2D eigenvalue weighted by molar-refractivity contribution is 5.80. The minimum Gasteiger partial charge on any atom is -0.373 e. The van der Waals surface area contributed by atoms with Gasteiger partial charge in [0, 0.05) is 39.1 Å². The standard InChI is InChI=1S/C22H31N5O5/c1-15-4-5-17-21(16(15)2)23-14-26(17)7-3-6-24-8-10-25(11-9-24)20-12-18-22(31-20)19(13-30-18)32-27(28)29/h4-5,14,18-20,22H,3,6-13H2,1-2H3/t18-,19+,20+,22+/m1/s1. The van der Waals surface area contributed by atoms with Crippen LogP contribution in [-0.4, -0.2) is 88.3 Å². The Hall–Kier alpha value is -2.27. The van der Waals surface area contributed by atoms with E-state index in [9.17, 15) is 10.1 Å². The highest BCUT2D eigenvalue weighted by Gasteiger charge is 2.49. The van der Waals surface area contributed by atoms with Crippen LogP contribution in [0, 0.1) is 24.0 Å². The van der Waals surface area contributed by atoms with E-state index >= 15 is 0 Å². The van der Waals surface area contributed by atoms with Gasteiger partial charge in [-0.15, -0.1) is 10.1 Å². The van der Waals surface area contributed by atoms with Gasteiger partial charge in [-0.1, -0.05) is 6.07 Å². The lowest BCUT2D eigenvalue weighted by Gasteiger charge is -2.37. The Bertz CT molecular complexity index is 973. The largest absolute Gasteiger partial charge is 0.373 e. The van der Waals surface area contributed by atoms with Crippen LogP contribution < -0.4 is 0 Å². The Labute approximate surface area is 187 Å². The van der Waals surface area contributed by atoms with E-state index in [0.29, 0.717) is 0 Å². The number of piperazine rings is 1. The molecule has 0 unspecified atom stereocenters. The van der Waals surface area contributed by atoms with Gasteiger partial charge in [0.25, 0.3) is 5.09 Å². The first-order valence-corrected chi connectivity index (χ1v) is 11.5. The Morgan fingerprint density at radius 1 is 1.22 bits per heavy atom. The summed E-state index contributed by atoms with van der Waals surface area (Å²) in [7, 11) is 0. The average Bonchev–Trinajstić information content (AvgIpc) is 3.47. The zero-order chi connectivity index (χ0) is 22.2. The Balaban J connectivity index is 1.07. The lowest BCUT2D eigenvalue weighted by molar-refractivity contribution is -0.769. The molecule has 3 fully saturated rings. The fourth-order valence-electron chi connectivity index (χ4n) is 5.19. The van der Waals surface area contributed by atoms with E-state index in [2.05, 4.69) is 45.3 Å². The van der Waals surface area contributed by atoms with Crippen molar-refractivity contribution in [3.8, 4) is 0 Å². The van der Waals surface area contributed by atoms with E-state index in [0.717, 1.165) is 57.6 Å². The van der Waals surface area contributed by atoms with Crippen molar-refractivity contribution in [2.45, 2.75) is 57.8 Å². The van der Waals surface area contributed by atoms with E-state index in [1.807, 2.05) is 6.33 Å². The minimum atomic E-state index is -0.749. The molecule has 0 radical (unpaired) electrons. The van der Waals surface area contributed by atoms with Gasteiger partial charge in [-0.2, -0.15) is 0 Å². The van der Waals surface area contributed by atoms with E-state index in [1.165, 1.54) is 16.6 Å². The van der Waals surface area contributed by atoms with Gasteiger partial charge in [0.2, 0.25) is 0 Å². The van der Waals surface area contributed by atoms with Gasteiger partial charge < -0.3 is 23.8 Å². The molecule has 4 heterocycles. The summed E-state index contributed by atoms with van der Waals surface area (Å²) in [6.07, 6.45) is 2.66. The summed E-state index contributed by atoms with van der Waals surface area (Å²) in [4.78, 5) is 24.8. The first kappa shape index (κ1) is 21.6. The van der Waals surface area contributed by atoms with Crippen LogP contribution in [-0.2, 0) is 20.9 Å². The molecular formula is C22H31N5O5. The molecule has 1 aromatic heterocycles. The molecule has 10 nitrogen and oxygen atoms in total. The summed E-state index contributed by atoms with van der Waals surface area (Å²) in [6.45, 7) is 10.3. The fraction of sp³-hybridized carbons (Fsp3) is 0.682. The molecule has 0 spiro atoms. The Morgan fingerprint density at radius 2 is 2.03 bits per heavy atom. The minimum absolute atomic E-state index is 0.0469. The molecule has 0 saturated carbocycles. The Kier molecular flexibility index (Phi) is 6.02. The van der Waals surface area contributed by atoms with Crippen LogP contribution in [0.3, 0.4) is 0 Å². The second-order valence-corrected chi connectivity index (χ2v) is 9.07. The van der Waals surface area contributed by atoms with E-state index in [4.69, 9.17) is 14.3 Å². The zero-order valence-corrected chi connectivity index (χ0v) is 18.7. The van der Waals surface area contributed by atoms with Gasteiger partial charge in [0.15, 0.2) is 6.10 Å². The second-order valence-electron chi connectivity index (χ2n) is 9.07. The molecule has 0 bridgehead atoms. The number of ether oxygens (including phenoxy) is 2. The third kappa shape index (κ3) is 4.19. The normalized spacial score (nSPS) is 28.9. The molecule has 0 amide bonds. The summed E-state index contributed by atoms with van der Waals surface area (Å²) in [5, 5.41) is 9.92. The van der Waals surface area contributed by atoms with Gasteiger partial charge in [-0.3, -0.25) is 4.90 Å².